The quantitative estimate of drug-likeness (QED) is 0.491. The summed E-state index contributed by atoms with van der Waals surface area (Å²) < 4.78 is 16.1. The molecule has 0 radical (unpaired) electrons. The summed E-state index contributed by atoms with van der Waals surface area (Å²) in [6, 6.07) is 9.11. The highest BCUT2D eigenvalue weighted by Gasteiger charge is 2.18. The molecule has 1 aliphatic heterocycles. The van der Waals surface area contributed by atoms with Gasteiger partial charge in [-0.05, 0) is 31.2 Å². The maximum atomic E-state index is 12.4. The summed E-state index contributed by atoms with van der Waals surface area (Å²) in [7, 11) is 1.38. The van der Waals surface area contributed by atoms with Gasteiger partial charge in [-0.2, -0.15) is 5.10 Å². The first-order valence-electron chi connectivity index (χ1n) is 8.06. The van der Waals surface area contributed by atoms with Gasteiger partial charge in [0.1, 0.15) is 19.0 Å². The normalized spacial score (nSPS) is 13.0. The van der Waals surface area contributed by atoms with E-state index < -0.39 is 10.8 Å². The van der Waals surface area contributed by atoms with Crippen LogP contribution in [0.5, 0.6) is 17.2 Å². The highest BCUT2D eigenvalue weighted by Crippen LogP contribution is 2.31. The van der Waals surface area contributed by atoms with Crippen molar-refractivity contribution in [3.05, 3.63) is 57.6 Å². The summed E-state index contributed by atoms with van der Waals surface area (Å²) in [6.45, 7) is 2.69. The first kappa shape index (κ1) is 18.2. The van der Waals surface area contributed by atoms with Crippen molar-refractivity contribution in [2.45, 2.75) is 6.92 Å². The van der Waals surface area contributed by atoms with Crippen LogP contribution in [0.3, 0.4) is 0 Å². The van der Waals surface area contributed by atoms with Gasteiger partial charge < -0.3 is 14.2 Å². The highest BCUT2D eigenvalue weighted by atomic mass is 16.6. The fraction of sp³-hybridized carbons (Fsp3) is 0.222. The van der Waals surface area contributed by atoms with Crippen LogP contribution in [0.15, 0.2) is 41.5 Å². The molecule has 1 heterocycles. The van der Waals surface area contributed by atoms with Crippen molar-refractivity contribution in [1.82, 2.24) is 5.43 Å². The number of nitro benzene ring substituents is 1. The van der Waals surface area contributed by atoms with E-state index in [2.05, 4.69) is 10.5 Å². The van der Waals surface area contributed by atoms with Crippen LogP contribution in [0.1, 0.15) is 22.8 Å². The Morgan fingerprint density at radius 3 is 2.63 bits per heavy atom. The first-order valence-corrected chi connectivity index (χ1v) is 8.06. The largest absolute Gasteiger partial charge is 0.496 e. The monoisotopic (exact) mass is 371 g/mol. The van der Waals surface area contributed by atoms with Crippen molar-refractivity contribution in [2.24, 2.45) is 5.10 Å². The zero-order valence-electron chi connectivity index (χ0n) is 14.7. The van der Waals surface area contributed by atoms with Gasteiger partial charge in [0.15, 0.2) is 11.5 Å². The number of non-ortho nitro benzene ring substituents is 1. The van der Waals surface area contributed by atoms with E-state index in [9.17, 15) is 14.9 Å². The summed E-state index contributed by atoms with van der Waals surface area (Å²) in [5, 5.41) is 15.0. The van der Waals surface area contributed by atoms with Crippen molar-refractivity contribution < 1.29 is 23.9 Å². The summed E-state index contributed by atoms with van der Waals surface area (Å²) in [5.74, 6) is 0.862. The lowest BCUT2D eigenvalue weighted by molar-refractivity contribution is -0.384. The van der Waals surface area contributed by atoms with Crippen molar-refractivity contribution in [3.63, 3.8) is 0 Å². The van der Waals surface area contributed by atoms with Crippen LogP contribution in [0.2, 0.25) is 0 Å². The number of rotatable bonds is 5. The first-order chi connectivity index (χ1) is 13.0. The molecule has 0 atom stereocenters. The number of nitrogens with zero attached hydrogens (tertiary/aromatic N) is 2. The van der Waals surface area contributed by atoms with Crippen LogP contribution in [0.4, 0.5) is 5.69 Å². The number of carbonyl (C=O) groups excluding carboxylic acids is 1. The van der Waals surface area contributed by atoms with Gasteiger partial charge >= 0.3 is 0 Å². The smallest absolute Gasteiger partial charge is 0.275 e. The zero-order valence-corrected chi connectivity index (χ0v) is 14.7. The molecule has 0 unspecified atom stereocenters. The predicted molar refractivity (Wildman–Crippen MR) is 96.8 cm³/mol. The van der Waals surface area contributed by atoms with Crippen LogP contribution in [-0.2, 0) is 0 Å². The maximum absolute atomic E-state index is 12.4. The Labute approximate surface area is 154 Å². The summed E-state index contributed by atoms with van der Waals surface area (Å²) >= 11 is 0. The third-order valence-electron chi connectivity index (χ3n) is 3.92. The third-order valence-corrected chi connectivity index (χ3v) is 3.92. The predicted octanol–water partition coefficient (Wildman–Crippen LogP) is 2.53. The fourth-order valence-corrected chi connectivity index (χ4v) is 2.51. The van der Waals surface area contributed by atoms with E-state index in [1.165, 1.54) is 19.2 Å². The molecular weight excluding hydrogens is 354 g/mol. The molecule has 0 bridgehead atoms. The molecule has 140 valence electrons. The minimum atomic E-state index is -0.618. The molecule has 27 heavy (non-hydrogen) atoms. The van der Waals surface area contributed by atoms with Crippen molar-refractivity contribution in [2.75, 3.05) is 20.3 Å². The zero-order chi connectivity index (χ0) is 19.4. The Bertz CT molecular complexity index is 925. The number of hydrogen-bond donors (Lipinski definition) is 1. The van der Waals surface area contributed by atoms with Gasteiger partial charge in [-0.15, -0.1) is 0 Å². The number of amides is 1. The van der Waals surface area contributed by atoms with Crippen molar-refractivity contribution in [3.8, 4) is 17.2 Å². The number of benzene rings is 2. The SMILES string of the molecule is COc1ccc([N+](=O)[O-])cc1C(=O)N/N=C(/C)c1ccc2c(c1)OCCO2. The Balaban J connectivity index is 1.80. The lowest BCUT2D eigenvalue weighted by Gasteiger charge is -2.18. The average molecular weight is 371 g/mol. The van der Waals surface area contributed by atoms with E-state index in [0.29, 0.717) is 30.4 Å². The van der Waals surface area contributed by atoms with Crippen LogP contribution >= 0.6 is 0 Å². The van der Waals surface area contributed by atoms with E-state index in [4.69, 9.17) is 14.2 Å². The van der Waals surface area contributed by atoms with Crippen LogP contribution in [0, 0.1) is 10.1 Å². The second-order valence-corrected chi connectivity index (χ2v) is 5.64. The molecule has 0 aromatic heterocycles. The Hall–Kier alpha value is -3.62. The summed E-state index contributed by atoms with van der Waals surface area (Å²) in [6.07, 6.45) is 0. The van der Waals surface area contributed by atoms with Gasteiger partial charge in [0.25, 0.3) is 11.6 Å². The van der Waals surface area contributed by atoms with E-state index in [0.717, 1.165) is 11.6 Å². The molecule has 9 nitrogen and oxygen atoms in total. The molecule has 1 N–H and O–H groups in total. The molecule has 0 saturated carbocycles. The highest BCUT2D eigenvalue weighted by molar-refractivity contribution is 6.02. The van der Waals surface area contributed by atoms with Crippen LogP contribution in [-0.4, -0.2) is 36.9 Å². The molecule has 2 aromatic carbocycles. The maximum Gasteiger partial charge on any atom is 0.275 e. The van der Waals surface area contributed by atoms with Gasteiger partial charge in [-0.1, -0.05) is 0 Å². The average Bonchev–Trinajstić information content (AvgIpc) is 2.70. The number of nitrogens with one attached hydrogen (secondary N) is 1. The summed E-state index contributed by atoms with van der Waals surface area (Å²) in [5.41, 5.74) is 3.47. The molecular formula is C18H17N3O6. The third kappa shape index (κ3) is 3.97. The second-order valence-electron chi connectivity index (χ2n) is 5.64. The lowest BCUT2D eigenvalue weighted by Crippen LogP contribution is -2.20. The molecule has 0 fully saturated rings. The number of carbonyl (C=O) groups is 1. The Kier molecular flexibility index (Phi) is 5.20. The number of ether oxygens (including phenoxy) is 3. The molecule has 1 amide bonds. The van der Waals surface area contributed by atoms with Gasteiger partial charge in [0.05, 0.1) is 23.3 Å². The van der Waals surface area contributed by atoms with Gasteiger partial charge in [-0.25, -0.2) is 5.43 Å². The molecule has 0 spiro atoms. The van der Waals surface area contributed by atoms with Gasteiger partial charge in [-0.3, -0.25) is 14.9 Å². The second kappa shape index (κ2) is 7.73. The number of fused-ring (bicyclic) bond motifs is 1. The van der Waals surface area contributed by atoms with Crippen molar-refractivity contribution in [1.29, 1.82) is 0 Å². The lowest BCUT2D eigenvalue weighted by atomic mass is 10.1. The minimum absolute atomic E-state index is 0.0189. The number of hydrazone groups is 1. The number of methoxy groups -OCH3 is 1. The molecule has 0 saturated heterocycles. The topological polar surface area (TPSA) is 112 Å². The summed E-state index contributed by atoms with van der Waals surface area (Å²) in [4.78, 5) is 22.7. The van der Waals surface area contributed by atoms with E-state index in [-0.39, 0.29) is 17.0 Å². The van der Waals surface area contributed by atoms with Crippen molar-refractivity contribution >= 4 is 17.3 Å². The number of hydrogen-bond acceptors (Lipinski definition) is 7. The number of nitro groups is 1. The molecule has 9 heteroatoms. The molecule has 2 aromatic rings. The molecule has 1 aliphatic rings. The van der Waals surface area contributed by atoms with E-state index >= 15 is 0 Å². The molecule has 0 aliphatic carbocycles. The van der Waals surface area contributed by atoms with Gasteiger partial charge in [0.2, 0.25) is 0 Å². The van der Waals surface area contributed by atoms with E-state index in [1.54, 1.807) is 25.1 Å². The van der Waals surface area contributed by atoms with Crippen LogP contribution < -0.4 is 19.6 Å². The van der Waals surface area contributed by atoms with Crippen LogP contribution in [0.25, 0.3) is 0 Å². The Morgan fingerprint density at radius 2 is 1.93 bits per heavy atom. The standard InChI is InChI=1S/C18H17N3O6/c1-11(12-3-5-16-17(9-12)27-8-7-26-16)19-20-18(22)14-10-13(21(23)24)4-6-15(14)25-2/h3-6,9-10H,7-8H2,1-2H3,(H,20,22)/b19-11-. The van der Waals surface area contributed by atoms with E-state index in [1.807, 2.05) is 0 Å². The molecule has 3 rings (SSSR count). The van der Waals surface area contributed by atoms with Gasteiger partial charge in [0, 0.05) is 17.7 Å². The minimum Gasteiger partial charge on any atom is -0.496 e. The fourth-order valence-electron chi connectivity index (χ4n) is 2.51. The Morgan fingerprint density at radius 1 is 1.19 bits per heavy atom.